The monoisotopic (exact) mass is 930 g/mol. The molecule has 3 fully saturated rings. The van der Waals surface area contributed by atoms with Crippen molar-refractivity contribution in [3.8, 4) is 22.4 Å². The third-order valence-corrected chi connectivity index (χ3v) is 14.1. The zero-order chi connectivity index (χ0) is 48.4. The highest BCUT2D eigenvalue weighted by Crippen LogP contribution is 2.43. The summed E-state index contributed by atoms with van der Waals surface area (Å²) in [5.41, 5.74) is 10.4. The number of nitrogens with zero attached hydrogens (tertiary/aromatic N) is 5. The predicted molar refractivity (Wildman–Crippen MR) is 259 cm³/mol. The second-order valence-electron chi connectivity index (χ2n) is 20.2. The molecule has 8 rings (SSSR count). The number of amides is 4. The van der Waals surface area contributed by atoms with Gasteiger partial charge >= 0.3 is 5.97 Å². The number of hydrazine groups is 1. The molecule has 0 spiro atoms. The van der Waals surface area contributed by atoms with Crippen LogP contribution in [0.25, 0.3) is 33.3 Å². The molecule has 2 N–H and O–H groups in total. The van der Waals surface area contributed by atoms with Gasteiger partial charge in [-0.05, 0) is 91.1 Å². The molecule has 4 aromatic rings. The summed E-state index contributed by atoms with van der Waals surface area (Å²) >= 11 is 0. The largest absolute Gasteiger partial charge is 0.464 e. The minimum absolute atomic E-state index is 0.127. The summed E-state index contributed by atoms with van der Waals surface area (Å²) in [4.78, 5) is 77.5. The third kappa shape index (κ3) is 10.1. The number of aromatic nitrogens is 2. The van der Waals surface area contributed by atoms with Gasteiger partial charge in [0.2, 0.25) is 17.7 Å². The second kappa shape index (κ2) is 20.4. The van der Waals surface area contributed by atoms with E-state index in [1.807, 2.05) is 39.0 Å². The Balaban J connectivity index is 1.20. The van der Waals surface area contributed by atoms with Crippen LogP contribution in [0.4, 0.5) is 0 Å². The molecule has 362 valence electrons. The van der Waals surface area contributed by atoms with E-state index in [2.05, 4.69) is 72.1 Å². The SMILES string of the molecule is C=CC(=O)N1CCC(C(=O)N(C)[C@H](C(=O)N[C@H]2Cc3cccc(c3)-c3ccc4c(c3)c(c(-c3cccnc3[C@H](C)OC)n4CC3COC3)CC(C)(C)COC(=O)[C@@H]3CCCN(N3)C2=O)C(C)C)C1. The number of benzene rings is 2. The number of rotatable bonds is 11. The average molecular weight is 930 g/mol. The van der Waals surface area contributed by atoms with Gasteiger partial charge in [0, 0.05) is 80.8 Å². The molecule has 4 aliphatic rings. The molecular formula is C53H67N7O8. The van der Waals surface area contributed by atoms with Crippen molar-refractivity contribution < 1.29 is 38.2 Å². The van der Waals surface area contributed by atoms with Crippen molar-refractivity contribution in [2.24, 2.45) is 23.2 Å². The van der Waals surface area contributed by atoms with Crippen molar-refractivity contribution in [2.45, 2.75) is 97.5 Å². The van der Waals surface area contributed by atoms with Crippen LogP contribution in [0.5, 0.6) is 0 Å². The summed E-state index contributed by atoms with van der Waals surface area (Å²) in [7, 11) is 3.31. The molecule has 4 aliphatic heterocycles. The summed E-state index contributed by atoms with van der Waals surface area (Å²) in [6.07, 6.45) is 4.98. The van der Waals surface area contributed by atoms with Crippen LogP contribution in [0, 0.1) is 23.2 Å². The van der Waals surface area contributed by atoms with E-state index in [-0.39, 0.29) is 43.4 Å². The second-order valence-corrected chi connectivity index (χ2v) is 20.2. The number of carbonyl (C=O) groups excluding carboxylic acids is 5. The van der Waals surface area contributed by atoms with Crippen molar-refractivity contribution >= 4 is 40.5 Å². The molecule has 2 aromatic heterocycles. The van der Waals surface area contributed by atoms with Gasteiger partial charge in [0.15, 0.2) is 0 Å². The van der Waals surface area contributed by atoms with Crippen LogP contribution in [-0.4, -0.2) is 126 Å². The van der Waals surface area contributed by atoms with Gasteiger partial charge in [-0.25, -0.2) is 5.43 Å². The fraction of sp³-hybridized carbons (Fsp3) is 0.509. The van der Waals surface area contributed by atoms with Gasteiger partial charge in [-0.15, -0.1) is 0 Å². The van der Waals surface area contributed by atoms with E-state index in [1.165, 1.54) is 16.0 Å². The first-order valence-corrected chi connectivity index (χ1v) is 24.1. The van der Waals surface area contributed by atoms with E-state index in [0.717, 1.165) is 56.7 Å². The summed E-state index contributed by atoms with van der Waals surface area (Å²) in [6.45, 7) is 16.8. The standard InChI is InChI=1S/C53H67N7O8/c1-9-45(61)58-22-19-38(28-58)50(63)57(7)47(32(2)3)49(62)55-43-24-34-13-10-14-36(23-34)37-17-18-44-40(25-37)41(26-53(5,6)31-68-52(65)42-16-12-21-60(56-42)51(43)64)48(59(44)27-35-29-67-30-35)39-15-11-20-54-46(39)33(4)66-8/h9-11,13-15,17-18,20,23,25,32-33,35,38,42-43,47,56H,1,12,16,19,21-22,24,26-31H2,2-8H3,(H,55,62)/t33-,38?,42-,43-,47-/m0/s1. The van der Waals surface area contributed by atoms with Gasteiger partial charge in [0.1, 0.15) is 18.1 Å². The highest BCUT2D eigenvalue weighted by Gasteiger charge is 2.40. The Hall–Kier alpha value is -5.90. The van der Waals surface area contributed by atoms with Crippen LogP contribution in [0.1, 0.15) is 76.8 Å². The summed E-state index contributed by atoms with van der Waals surface area (Å²) < 4.78 is 20.1. The van der Waals surface area contributed by atoms with Gasteiger partial charge in [0.05, 0.1) is 43.2 Å². The van der Waals surface area contributed by atoms with Crippen molar-refractivity contribution in [1.82, 2.24) is 35.1 Å². The molecule has 3 saturated heterocycles. The number of cyclic esters (lactones) is 1. The number of pyridine rings is 1. The Morgan fingerprint density at radius 1 is 1.04 bits per heavy atom. The van der Waals surface area contributed by atoms with Gasteiger partial charge in [-0.3, -0.25) is 34.0 Å². The molecule has 15 nitrogen and oxygen atoms in total. The van der Waals surface area contributed by atoms with Crippen LogP contribution in [0.2, 0.25) is 0 Å². The Kier molecular flexibility index (Phi) is 14.5. The van der Waals surface area contributed by atoms with Crippen molar-refractivity contribution in [3.05, 3.63) is 90.3 Å². The van der Waals surface area contributed by atoms with Gasteiger partial charge in [-0.1, -0.05) is 64.6 Å². The van der Waals surface area contributed by atoms with Crippen LogP contribution in [-0.2, 0) is 57.6 Å². The van der Waals surface area contributed by atoms with Gasteiger partial charge in [-0.2, -0.15) is 0 Å². The molecule has 0 radical (unpaired) electrons. The number of esters is 1. The van der Waals surface area contributed by atoms with E-state index < -0.39 is 47.2 Å². The number of methoxy groups -OCH3 is 1. The molecule has 4 amide bonds. The van der Waals surface area contributed by atoms with Crippen LogP contribution in [0.15, 0.2) is 73.4 Å². The number of hydrogen-bond donors (Lipinski definition) is 2. The molecule has 1 unspecified atom stereocenters. The predicted octanol–water partition coefficient (Wildman–Crippen LogP) is 5.89. The maximum Gasteiger partial charge on any atom is 0.324 e. The molecule has 5 atom stereocenters. The number of carbonyl (C=O) groups is 5. The minimum Gasteiger partial charge on any atom is -0.464 e. The molecule has 2 aromatic carbocycles. The fourth-order valence-corrected chi connectivity index (χ4v) is 10.4. The highest BCUT2D eigenvalue weighted by atomic mass is 16.5. The molecular weight excluding hydrogens is 863 g/mol. The van der Waals surface area contributed by atoms with Crippen molar-refractivity contribution in [3.63, 3.8) is 0 Å². The van der Waals surface area contributed by atoms with Gasteiger partial charge in [0.25, 0.3) is 5.91 Å². The summed E-state index contributed by atoms with van der Waals surface area (Å²) in [5.74, 6) is -2.25. The first-order valence-electron chi connectivity index (χ1n) is 24.1. The lowest BCUT2D eigenvalue weighted by Crippen LogP contribution is -2.62. The third-order valence-electron chi connectivity index (χ3n) is 14.1. The Labute approximate surface area is 399 Å². The normalized spacial score (nSPS) is 22.0. The summed E-state index contributed by atoms with van der Waals surface area (Å²) in [6, 6.07) is 15.9. The Bertz CT molecular complexity index is 2570. The topological polar surface area (TPSA) is 165 Å². The van der Waals surface area contributed by atoms with E-state index in [1.54, 1.807) is 25.3 Å². The zero-order valence-corrected chi connectivity index (χ0v) is 40.6. The first-order chi connectivity index (χ1) is 32.6. The molecule has 15 heteroatoms. The molecule has 0 aliphatic carbocycles. The maximum atomic E-state index is 14.8. The fourth-order valence-electron chi connectivity index (χ4n) is 10.4. The van der Waals surface area contributed by atoms with Crippen LogP contribution < -0.4 is 10.7 Å². The zero-order valence-electron chi connectivity index (χ0n) is 40.6. The first kappa shape index (κ1) is 48.6. The lowest BCUT2D eigenvalue weighted by Gasteiger charge is -2.37. The van der Waals surface area contributed by atoms with E-state index >= 15 is 0 Å². The highest BCUT2D eigenvalue weighted by molar-refractivity contribution is 5.96. The number of nitrogens with one attached hydrogen (secondary N) is 2. The van der Waals surface area contributed by atoms with Crippen LogP contribution in [0.3, 0.4) is 0 Å². The van der Waals surface area contributed by atoms with E-state index in [0.29, 0.717) is 57.9 Å². The number of likely N-dealkylation sites (N-methyl/N-ethyl adjacent to an activating group) is 1. The van der Waals surface area contributed by atoms with E-state index in [9.17, 15) is 24.0 Å². The Morgan fingerprint density at radius 3 is 2.54 bits per heavy atom. The lowest BCUT2D eigenvalue weighted by molar-refractivity contribution is -0.155. The average Bonchev–Trinajstić information content (AvgIpc) is 3.93. The lowest BCUT2D eigenvalue weighted by atomic mass is 9.84. The number of hydrogen-bond acceptors (Lipinski definition) is 10. The number of likely N-dealkylation sites (tertiary alicyclic amines) is 1. The van der Waals surface area contributed by atoms with Crippen molar-refractivity contribution in [1.29, 1.82) is 0 Å². The minimum atomic E-state index is -1.06. The number of fused-ring (bicyclic) bond motifs is 6. The van der Waals surface area contributed by atoms with Crippen molar-refractivity contribution in [2.75, 3.05) is 53.6 Å². The summed E-state index contributed by atoms with van der Waals surface area (Å²) in [5, 5.41) is 5.58. The Morgan fingerprint density at radius 2 is 1.82 bits per heavy atom. The van der Waals surface area contributed by atoms with E-state index in [4.69, 9.17) is 19.2 Å². The molecule has 68 heavy (non-hydrogen) atoms. The molecule has 6 bridgehead atoms. The van der Waals surface area contributed by atoms with Crippen LogP contribution >= 0.6 is 0 Å². The molecule has 6 heterocycles. The molecule has 0 saturated carbocycles. The smallest absolute Gasteiger partial charge is 0.324 e. The number of ether oxygens (including phenoxy) is 3. The maximum absolute atomic E-state index is 14.8. The quantitative estimate of drug-likeness (QED) is 0.137. The van der Waals surface area contributed by atoms with Gasteiger partial charge < -0.3 is 33.9 Å².